The molecule has 20 heavy (non-hydrogen) atoms. The van der Waals surface area contributed by atoms with Gasteiger partial charge in [0.05, 0.1) is 9.82 Å². The number of rotatable bonds is 4. The lowest BCUT2D eigenvalue weighted by Gasteiger charge is -2.20. The Morgan fingerprint density at radius 1 is 1.35 bits per heavy atom. The van der Waals surface area contributed by atoms with Crippen molar-refractivity contribution in [3.8, 4) is 0 Å². The van der Waals surface area contributed by atoms with Gasteiger partial charge in [0.2, 0.25) is 10.0 Å². The van der Waals surface area contributed by atoms with Gasteiger partial charge in [-0.25, -0.2) is 8.42 Å². The van der Waals surface area contributed by atoms with Gasteiger partial charge in [-0.15, -0.1) is 0 Å². The molecule has 1 aromatic carbocycles. The van der Waals surface area contributed by atoms with E-state index >= 15 is 0 Å². The van der Waals surface area contributed by atoms with E-state index in [9.17, 15) is 23.3 Å². The number of nitrogens with zero attached hydrogens (tertiary/aromatic N) is 2. The average molecular weight is 300 g/mol. The molecule has 1 N–H and O–H groups in total. The van der Waals surface area contributed by atoms with Crippen LogP contribution in [-0.4, -0.2) is 41.3 Å². The van der Waals surface area contributed by atoms with Crippen molar-refractivity contribution in [3.63, 3.8) is 0 Å². The van der Waals surface area contributed by atoms with Gasteiger partial charge in [-0.05, 0) is 25.0 Å². The van der Waals surface area contributed by atoms with E-state index in [2.05, 4.69) is 0 Å². The number of hydrogen-bond donors (Lipinski definition) is 1. The van der Waals surface area contributed by atoms with Crippen LogP contribution in [0.2, 0.25) is 0 Å². The molecule has 0 aliphatic carbocycles. The first kappa shape index (κ1) is 14.4. The number of carboxylic acid groups (broad SMARTS) is 1. The third-order valence-electron chi connectivity index (χ3n) is 3.14. The van der Waals surface area contributed by atoms with Crippen molar-refractivity contribution in [3.05, 3.63) is 34.4 Å². The minimum absolute atomic E-state index is 0.135. The van der Waals surface area contributed by atoms with Crippen molar-refractivity contribution in [2.24, 2.45) is 0 Å². The Morgan fingerprint density at radius 2 is 1.95 bits per heavy atom. The number of aliphatic carboxylic acids is 1. The van der Waals surface area contributed by atoms with Gasteiger partial charge in [-0.2, -0.15) is 4.31 Å². The van der Waals surface area contributed by atoms with Crippen molar-refractivity contribution in [2.75, 3.05) is 6.54 Å². The Morgan fingerprint density at radius 3 is 2.45 bits per heavy atom. The molecule has 1 atom stereocenters. The van der Waals surface area contributed by atoms with Crippen LogP contribution in [0.3, 0.4) is 0 Å². The van der Waals surface area contributed by atoms with Gasteiger partial charge >= 0.3 is 5.97 Å². The van der Waals surface area contributed by atoms with Crippen molar-refractivity contribution in [1.29, 1.82) is 0 Å². The monoisotopic (exact) mass is 300 g/mol. The summed E-state index contributed by atoms with van der Waals surface area (Å²) in [6.07, 6.45) is 0.741. The first-order valence-corrected chi connectivity index (χ1v) is 7.27. The number of non-ortho nitro benzene ring substituents is 1. The second-order valence-electron chi connectivity index (χ2n) is 4.36. The Balaban J connectivity index is 2.35. The SMILES string of the molecule is O=C(O)[C@@H]1CCCN1S(=O)(=O)c1ccc([N+](=O)[O-])cc1. The lowest BCUT2D eigenvalue weighted by atomic mass is 10.2. The number of sulfonamides is 1. The van der Waals surface area contributed by atoms with E-state index < -0.39 is 27.0 Å². The molecule has 0 bridgehead atoms. The van der Waals surface area contributed by atoms with Crippen LogP contribution in [-0.2, 0) is 14.8 Å². The van der Waals surface area contributed by atoms with E-state index in [-0.39, 0.29) is 23.5 Å². The molecule has 0 aromatic heterocycles. The molecule has 9 heteroatoms. The van der Waals surface area contributed by atoms with E-state index in [1.807, 2.05) is 0 Å². The molecular weight excluding hydrogens is 288 g/mol. The lowest BCUT2D eigenvalue weighted by molar-refractivity contribution is -0.384. The minimum Gasteiger partial charge on any atom is -0.480 e. The first-order chi connectivity index (χ1) is 9.34. The van der Waals surface area contributed by atoms with E-state index in [0.717, 1.165) is 28.6 Å². The van der Waals surface area contributed by atoms with Crippen LogP contribution in [0.25, 0.3) is 0 Å². The van der Waals surface area contributed by atoms with Crippen LogP contribution in [0.4, 0.5) is 5.69 Å². The standard InChI is InChI=1S/C11H12N2O6S/c14-11(15)10-2-1-7-12(10)20(18,19)9-5-3-8(4-6-9)13(16)17/h3-6,10H,1-2,7H2,(H,14,15)/t10-/m0/s1. The smallest absolute Gasteiger partial charge is 0.322 e. The fourth-order valence-corrected chi connectivity index (χ4v) is 3.80. The van der Waals surface area contributed by atoms with E-state index in [1.165, 1.54) is 0 Å². The summed E-state index contributed by atoms with van der Waals surface area (Å²) in [6, 6.07) is 3.32. The van der Waals surface area contributed by atoms with Crippen molar-refractivity contribution >= 4 is 21.7 Å². The Hall–Kier alpha value is -2.00. The maximum absolute atomic E-state index is 12.3. The van der Waals surface area contributed by atoms with E-state index in [4.69, 9.17) is 5.11 Å². The highest BCUT2D eigenvalue weighted by atomic mass is 32.2. The van der Waals surface area contributed by atoms with Crippen LogP contribution in [0, 0.1) is 10.1 Å². The molecule has 0 saturated carbocycles. The molecule has 0 radical (unpaired) electrons. The fraction of sp³-hybridized carbons (Fsp3) is 0.364. The van der Waals surface area contributed by atoms with Gasteiger partial charge in [0, 0.05) is 18.7 Å². The molecule has 1 fully saturated rings. The topological polar surface area (TPSA) is 118 Å². The van der Waals surface area contributed by atoms with Gasteiger partial charge < -0.3 is 5.11 Å². The normalized spacial score (nSPS) is 19.9. The first-order valence-electron chi connectivity index (χ1n) is 5.83. The minimum atomic E-state index is -3.95. The van der Waals surface area contributed by atoms with Crippen LogP contribution >= 0.6 is 0 Å². The molecule has 1 heterocycles. The zero-order valence-corrected chi connectivity index (χ0v) is 11.1. The number of nitro groups is 1. The molecule has 2 rings (SSSR count). The number of benzene rings is 1. The van der Waals surface area contributed by atoms with Crippen molar-refractivity contribution < 1.29 is 23.2 Å². The predicted molar refractivity (Wildman–Crippen MR) is 67.6 cm³/mol. The Kier molecular flexibility index (Phi) is 3.73. The molecule has 1 aliphatic rings. The summed E-state index contributed by atoms with van der Waals surface area (Å²) in [6.45, 7) is 0.135. The number of carbonyl (C=O) groups is 1. The van der Waals surface area contributed by atoms with Crippen LogP contribution in [0.1, 0.15) is 12.8 Å². The van der Waals surface area contributed by atoms with Crippen molar-refractivity contribution in [2.45, 2.75) is 23.8 Å². The van der Waals surface area contributed by atoms with Gasteiger partial charge in [-0.3, -0.25) is 14.9 Å². The van der Waals surface area contributed by atoms with Crippen molar-refractivity contribution in [1.82, 2.24) is 4.31 Å². The predicted octanol–water partition coefficient (Wildman–Crippen LogP) is 0.833. The van der Waals surface area contributed by atoms with Crippen LogP contribution < -0.4 is 0 Å². The summed E-state index contributed by atoms with van der Waals surface area (Å²) < 4.78 is 25.6. The molecule has 0 spiro atoms. The molecule has 108 valence electrons. The van der Waals surface area contributed by atoms with Gasteiger partial charge in [0.1, 0.15) is 6.04 Å². The zero-order valence-electron chi connectivity index (χ0n) is 10.3. The molecule has 1 aromatic rings. The summed E-state index contributed by atoms with van der Waals surface area (Å²) in [5.74, 6) is -1.19. The summed E-state index contributed by atoms with van der Waals surface area (Å²) in [5, 5.41) is 19.5. The molecular formula is C11H12N2O6S. The number of nitro benzene ring substituents is 1. The average Bonchev–Trinajstić information content (AvgIpc) is 2.89. The maximum Gasteiger partial charge on any atom is 0.322 e. The highest BCUT2D eigenvalue weighted by Gasteiger charge is 2.39. The molecule has 8 nitrogen and oxygen atoms in total. The number of hydrogen-bond acceptors (Lipinski definition) is 5. The molecule has 1 aliphatic heterocycles. The highest BCUT2D eigenvalue weighted by Crippen LogP contribution is 2.27. The van der Waals surface area contributed by atoms with Gasteiger partial charge in [0.25, 0.3) is 5.69 Å². The third kappa shape index (κ3) is 2.49. The second-order valence-corrected chi connectivity index (χ2v) is 6.25. The summed E-state index contributed by atoms with van der Waals surface area (Å²) in [7, 11) is -3.95. The summed E-state index contributed by atoms with van der Waals surface area (Å²) in [4.78, 5) is 20.8. The Labute approximate surface area is 114 Å². The lowest BCUT2D eigenvalue weighted by Crippen LogP contribution is -2.40. The summed E-state index contributed by atoms with van der Waals surface area (Å²) in [5.41, 5.74) is -0.222. The summed E-state index contributed by atoms with van der Waals surface area (Å²) >= 11 is 0. The van der Waals surface area contributed by atoms with Gasteiger partial charge in [-0.1, -0.05) is 0 Å². The maximum atomic E-state index is 12.3. The largest absolute Gasteiger partial charge is 0.480 e. The third-order valence-corrected chi connectivity index (χ3v) is 5.07. The van der Waals surface area contributed by atoms with E-state index in [0.29, 0.717) is 6.42 Å². The highest BCUT2D eigenvalue weighted by molar-refractivity contribution is 7.89. The Bertz CT molecular complexity index is 639. The van der Waals surface area contributed by atoms with Gasteiger partial charge in [0.15, 0.2) is 0 Å². The van der Waals surface area contributed by atoms with Crippen LogP contribution in [0.15, 0.2) is 29.2 Å². The zero-order chi connectivity index (χ0) is 14.9. The molecule has 0 unspecified atom stereocenters. The quantitative estimate of drug-likeness (QED) is 0.650. The molecule has 0 amide bonds. The fourth-order valence-electron chi connectivity index (χ4n) is 2.15. The van der Waals surface area contributed by atoms with Crippen LogP contribution in [0.5, 0.6) is 0 Å². The molecule has 1 saturated heterocycles. The van der Waals surface area contributed by atoms with E-state index in [1.54, 1.807) is 0 Å². The number of carboxylic acids is 1. The second kappa shape index (κ2) is 5.17.